The number of esters is 1. The van der Waals surface area contributed by atoms with Gasteiger partial charge in [0.25, 0.3) is 0 Å². The lowest BCUT2D eigenvalue weighted by atomic mass is 9.70. The van der Waals surface area contributed by atoms with E-state index in [0.717, 1.165) is 38.5 Å². The van der Waals surface area contributed by atoms with Crippen molar-refractivity contribution in [2.75, 3.05) is 32.8 Å². The number of halogens is 1. The molecule has 0 radical (unpaired) electrons. The van der Waals surface area contributed by atoms with Crippen molar-refractivity contribution in [1.82, 2.24) is 9.80 Å². The Bertz CT molecular complexity index is 779. The predicted molar refractivity (Wildman–Crippen MR) is 136 cm³/mol. The zero-order valence-electron chi connectivity index (χ0n) is 21.1. The molecule has 0 aromatic rings. The number of rotatable bonds is 15. The number of alkyl halides is 1. The average molecular weight is 558 g/mol. The van der Waals surface area contributed by atoms with Gasteiger partial charge in [0.05, 0.1) is 24.5 Å². The maximum atomic E-state index is 14.1. The normalized spacial score (nSPS) is 31.0. The topological polar surface area (TPSA) is 96.4 Å². The van der Waals surface area contributed by atoms with Crippen molar-refractivity contribution in [1.29, 1.82) is 0 Å². The summed E-state index contributed by atoms with van der Waals surface area (Å²) in [6.07, 6.45) is 7.81. The SMILES string of the molecule is C=CCN(CCCCC)C(=O)C1N(CCCCCCO)C(=O)[C@@H]2[C@H](C(=O)OCC)[C@H]3OC12CC3Br. The lowest BCUT2D eigenvalue weighted by Crippen LogP contribution is -2.57. The van der Waals surface area contributed by atoms with Gasteiger partial charge in [0.2, 0.25) is 11.8 Å². The van der Waals surface area contributed by atoms with Gasteiger partial charge in [0, 0.05) is 31.1 Å². The molecule has 8 nitrogen and oxygen atoms in total. The minimum Gasteiger partial charge on any atom is -0.466 e. The van der Waals surface area contributed by atoms with Gasteiger partial charge in [0.15, 0.2) is 0 Å². The van der Waals surface area contributed by atoms with Crippen LogP contribution in [0, 0.1) is 11.8 Å². The van der Waals surface area contributed by atoms with Crippen molar-refractivity contribution in [2.24, 2.45) is 11.8 Å². The van der Waals surface area contributed by atoms with Gasteiger partial charge in [-0.25, -0.2) is 0 Å². The van der Waals surface area contributed by atoms with E-state index in [2.05, 4.69) is 29.4 Å². The van der Waals surface area contributed by atoms with Gasteiger partial charge in [-0.2, -0.15) is 0 Å². The molecule has 0 aliphatic carbocycles. The molecule has 198 valence electrons. The Labute approximate surface area is 217 Å². The third kappa shape index (κ3) is 5.47. The Balaban J connectivity index is 1.93. The van der Waals surface area contributed by atoms with Crippen molar-refractivity contribution in [3.05, 3.63) is 12.7 Å². The van der Waals surface area contributed by atoms with E-state index in [1.807, 2.05) is 0 Å². The first-order valence-corrected chi connectivity index (χ1v) is 14.1. The van der Waals surface area contributed by atoms with E-state index in [-0.39, 0.29) is 29.9 Å². The molecule has 3 aliphatic heterocycles. The zero-order chi connectivity index (χ0) is 25.6. The minimum atomic E-state index is -1.04. The van der Waals surface area contributed by atoms with Crippen LogP contribution in [0.1, 0.15) is 65.2 Å². The first-order valence-electron chi connectivity index (χ1n) is 13.2. The molecule has 35 heavy (non-hydrogen) atoms. The maximum absolute atomic E-state index is 14.1. The summed E-state index contributed by atoms with van der Waals surface area (Å²) in [5.74, 6) is -2.17. The van der Waals surface area contributed by atoms with Gasteiger partial charge >= 0.3 is 5.97 Å². The standard InChI is InChI=1S/C26H41BrN2O6/c1-4-7-10-14-28(13-5-2)24(32)22-26-17-18(27)21(35-26)19(25(33)34-6-3)20(26)23(31)29(22)15-11-8-9-12-16-30/h5,18-22,30H,2,4,6-17H2,1,3H3/t18?,19-,20-,21-,22?,26?/m0/s1. The number of carbonyl (C=O) groups excluding carboxylic acids is 3. The van der Waals surface area contributed by atoms with Crippen LogP contribution in [0.2, 0.25) is 0 Å². The second kappa shape index (κ2) is 12.7. The van der Waals surface area contributed by atoms with Gasteiger partial charge in [-0.05, 0) is 32.6 Å². The number of carbonyl (C=O) groups is 3. The van der Waals surface area contributed by atoms with Crippen molar-refractivity contribution in [3.8, 4) is 0 Å². The maximum Gasteiger partial charge on any atom is 0.312 e. The first-order chi connectivity index (χ1) is 16.9. The van der Waals surface area contributed by atoms with E-state index >= 15 is 0 Å². The van der Waals surface area contributed by atoms with Crippen LogP contribution in [-0.2, 0) is 23.9 Å². The fourth-order valence-electron chi connectivity index (χ4n) is 6.08. The summed E-state index contributed by atoms with van der Waals surface area (Å²) in [4.78, 5) is 44.3. The van der Waals surface area contributed by atoms with Gasteiger partial charge in [-0.3, -0.25) is 14.4 Å². The molecule has 3 unspecified atom stereocenters. The quantitative estimate of drug-likeness (QED) is 0.144. The van der Waals surface area contributed by atoms with E-state index in [4.69, 9.17) is 14.6 Å². The molecule has 3 fully saturated rings. The van der Waals surface area contributed by atoms with Crippen molar-refractivity contribution in [3.63, 3.8) is 0 Å². The number of unbranched alkanes of at least 4 members (excludes halogenated alkanes) is 5. The number of hydrogen-bond acceptors (Lipinski definition) is 6. The summed E-state index contributed by atoms with van der Waals surface area (Å²) >= 11 is 3.68. The molecule has 3 aliphatic rings. The highest BCUT2D eigenvalue weighted by Gasteiger charge is 2.77. The summed E-state index contributed by atoms with van der Waals surface area (Å²) in [6.45, 7) is 9.49. The number of ether oxygens (including phenoxy) is 2. The monoisotopic (exact) mass is 556 g/mol. The lowest BCUT2D eigenvalue weighted by Gasteiger charge is -2.37. The van der Waals surface area contributed by atoms with Gasteiger partial charge in [-0.1, -0.05) is 54.6 Å². The molecule has 6 atom stereocenters. The van der Waals surface area contributed by atoms with Crippen molar-refractivity contribution < 1.29 is 29.0 Å². The van der Waals surface area contributed by atoms with Crippen LogP contribution in [0.3, 0.4) is 0 Å². The predicted octanol–water partition coefficient (Wildman–Crippen LogP) is 3.06. The Morgan fingerprint density at radius 1 is 1.26 bits per heavy atom. The molecular formula is C26H41BrN2O6. The summed E-state index contributed by atoms with van der Waals surface area (Å²) in [6, 6.07) is -0.774. The smallest absolute Gasteiger partial charge is 0.312 e. The number of aliphatic hydroxyl groups excluding tert-OH is 1. The van der Waals surface area contributed by atoms with Gasteiger partial charge < -0.3 is 24.4 Å². The highest BCUT2D eigenvalue weighted by atomic mass is 79.9. The Morgan fingerprint density at radius 2 is 2.00 bits per heavy atom. The van der Waals surface area contributed by atoms with E-state index < -0.39 is 35.6 Å². The number of amides is 2. The molecule has 0 saturated carbocycles. The summed E-state index contributed by atoms with van der Waals surface area (Å²) < 4.78 is 11.8. The van der Waals surface area contributed by atoms with Crippen molar-refractivity contribution in [2.45, 2.75) is 87.8 Å². The molecule has 1 spiro atoms. The minimum absolute atomic E-state index is 0.128. The first kappa shape index (κ1) is 28.1. The van der Waals surface area contributed by atoms with Crippen LogP contribution in [0.25, 0.3) is 0 Å². The largest absolute Gasteiger partial charge is 0.466 e. The molecule has 2 bridgehead atoms. The van der Waals surface area contributed by atoms with Gasteiger partial charge in [-0.15, -0.1) is 6.58 Å². The van der Waals surface area contributed by atoms with E-state index in [9.17, 15) is 14.4 Å². The molecule has 3 heterocycles. The molecule has 3 rings (SSSR count). The number of hydrogen-bond donors (Lipinski definition) is 1. The van der Waals surface area contributed by atoms with Crippen LogP contribution in [-0.4, -0.2) is 88.1 Å². The molecule has 9 heteroatoms. The average Bonchev–Trinajstić information content (AvgIpc) is 3.42. The molecule has 2 amide bonds. The Morgan fingerprint density at radius 3 is 2.66 bits per heavy atom. The molecule has 0 aromatic heterocycles. The highest BCUT2D eigenvalue weighted by Crippen LogP contribution is 2.60. The van der Waals surface area contributed by atoms with Gasteiger partial charge in [0.1, 0.15) is 11.6 Å². The number of likely N-dealkylation sites (tertiary alicyclic amines) is 1. The van der Waals surface area contributed by atoms with Crippen LogP contribution in [0.4, 0.5) is 0 Å². The molecular weight excluding hydrogens is 516 g/mol. The van der Waals surface area contributed by atoms with Crippen LogP contribution in [0.5, 0.6) is 0 Å². The fourth-order valence-corrected chi connectivity index (χ4v) is 7.02. The molecule has 1 N–H and O–H groups in total. The lowest BCUT2D eigenvalue weighted by molar-refractivity contribution is -0.154. The second-order valence-electron chi connectivity index (χ2n) is 9.87. The highest BCUT2D eigenvalue weighted by molar-refractivity contribution is 9.09. The number of aliphatic hydroxyl groups is 1. The Kier molecular flexibility index (Phi) is 10.2. The van der Waals surface area contributed by atoms with Crippen molar-refractivity contribution >= 4 is 33.7 Å². The van der Waals surface area contributed by atoms with E-state index in [1.54, 1.807) is 22.8 Å². The third-order valence-corrected chi connectivity index (χ3v) is 8.43. The molecule has 3 saturated heterocycles. The third-order valence-electron chi connectivity index (χ3n) is 7.58. The van der Waals surface area contributed by atoms with Crippen LogP contribution in [0.15, 0.2) is 12.7 Å². The zero-order valence-corrected chi connectivity index (χ0v) is 22.7. The summed E-state index contributed by atoms with van der Waals surface area (Å²) in [7, 11) is 0. The van der Waals surface area contributed by atoms with Crippen LogP contribution >= 0.6 is 15.9 Å². The number of fused-ring (bicyclic) bond motifs is 1. The summed E-state index contributed by atoms with van der Waals surface area (Å²) in [5, 5.41) is 9.08. The fraction of sp³-hybridized carbons (Fsp3) is 0.808. The van der Waals surface area contributed by atoms with E-state index in [0.29, 0.717) is 32.5 Å². The Hall–Kier alpha value is -1.45. The number of nitrogens with zero attached hydrogens (tertiary/aromatic N) is 2. The van der Waals surface area contributed by atoms with Crippen LogP contribution < -0.4 is 0 Å². The summed E-state index contributed by atoms with van der Waals surface area (Å²) in [5.41, 5.74) is -1.04. The second-order valence-corrected chi connectivity index (χ2v) is 11.0. The molecule has 0 aromatic carbocycles. The van der Waals surface area contributed by atoms with E-state index in [1.165, 1.54) is 0 Å².